The molecule has 4 rings (SSSR count). The quantitative estimate of drug-likeness (QED) is 0.770. The Kier molecular flexibility index (Phi) is 5.44. The summed E-state index contributed by atoms with van der Waals surface area (Å²) in [4.78, 5) is 31.9. The fraction of sp³-hybridized carbons (Fsp3) is 0.391. The molecule has 0 unspecified atom stereocenters. The van der Waals surface area contributed by atoms with Gasteiger partial charge in [0, 0.05) is 45.0 Å². The molecule has 2 heterocycles. The molecule has 2 amide bonds. The first-order valence-electron chi connectivity index (χ1n) is 10.1. The average Bonchev–Trinajstić information content (AvgIpc) is 3.10. The molecule has 0 aromatic heterocycles. The number of carbonyl (C=O) groups excluding carboxylic acids is 2. The van der Waals surface area contributed by atoms with Crippen LogP contribution >= 0.6 is 0 Å². The second-order valence-electron chi connectivity index (χ2n) is 7.70. The molecule has 146 valence electrons. The van der Waals surface area contributed by atoms with Crippen molar-refractivity contribution in [2.45, 2.75) is 19.9 Å². The van der Waals surface area contributed by atoms with Crippen LogP contribution in [0.3, 0.4) is 0 Å². The molecule has 0 bridgehead atoms. The topological polar surface area (TPSA) is 43.9 Å². The summed E-state index contributed by atoms with van der Waals surface area (Å²) in [6.45, 7) is 6.62. The maximum absolute atomic E-state index is 13.0. The van der Waals surface area contributed by atoms with Crippen molar-refractivity contribution in [1.29, 1.82) is 0 Å². The predicted molar refractivity (Wildman–Crippen MR) is 110 cm³/mol. The first-order chi connectivity index (χ1) is 13.6. The molecule has 0 saturated carbocycles. The maximum atomic E-state index is 13.0. The number of aryl methyl sites for hydroxylation is 1. The van der Waals surface area contributed by atoms with Crippen molar-refractivity contribution in [2.75, 3.05) is 37.6 Å². The Morgan fingerprint density at radius 3 is 2.32 bits per heavy atom. The van der Waals surface area contributed by atoms with Crippen LogP contribution in [0.4, 0.5) is 5.69 Å². The standard InChI is InChI=1S/C23H27N3O2/c1-18-7-5-6-10-21(18)26-12-11-20(23(26)28)22(27)25-15-13-24(14-16-25)17-19-8-3-2-4-9-19/h2-10,20H,11-17H2,1H3/t20-/m1/s1. The van der Waals surface area contributed by atoms with Crippen LogP contribution < -0.4 is 4.90 Å². The van der Waals surface area contributed by atoms with E-state index in [-0.39, 0.29) is 11.8 Å². The molecule has 1 atom stereocenters. The molecule has 2 aliphatic heterocycles. The summed E-state index contributed by atoms with van der Waals surface area (Å²) in [5, 5.41) is 0. The van der Waals surface area contributed by atoms with Gasteiger partial charge in [-0.25, -0.2) is 0 Å². The highest BCUT2D eigenvalue weighted by atomic mass is 16.2. The summed E-state index contributed by atoms with van der Waals surface area (Å²) >= 11 is 0. The first kappa shape index (κ1) is 18.7. The van der Waals surface area contributed by atoms with E-state index in [1.54, 1.807) is 4.90 Å². The van der Waals surface area contributed by atoms with Gasteiger partial charge in [0.15, 0.2) is 0 Å². The van der Waals surface area contributed by atoms with E-state index in [9.17, 15) is 9.59 Å². The minimum Gasteiger partial charge on any atom is -0.339 e. The highest BCUT2D eigenvalue weighted by Gasteiger charge is 2.40. The third-order valence-electron chi connectivity index (χ3n) is 5.84. The summed E-state index contributed by atoms with van der Waals surface area (Å²) in [5.74, 6) is -0.577. The van der Waals surface area contributed by atoms with E-state index in [1.165, 1.54) is 5.56 Å². The number of hydrogen-bond donors (Lipinski definition) is 0. The first-order valence-corrected chi connectivity index (χ1v) is 10.1. The van der Waals surface area contributed by atoms with Gasteiger partial charge in [-0.15, -0.1) is 0 Å². The van der Waals surface area contributed by atoms with Crippen LogP contribution in [0.15, 0.2) is 54.6 Å². The molecule has 0 spiro atoms. The molecule has 0 radical (unpaired) electrons. The number of para-hydroxylation sites is 1. The van der Waals surface area contributed by atoms with Gasteiger partial charge in [0.2, 0.25) is 11.8 Å². The Morgan fingerprint density at radius 2 is 1.61 bits per heavy atom. The van der Waals surface area contributed by atoms with Crippen molar-refractivity contribution in [3.8, 4) is 0 Å². The van der Waals surface area contributed by atoms with Crippen LogP contribution in [0.1, 0.15) is 17.5 Å². The Hall–Kier alpha value is -2.66. The Bertz CT molecular complexity index is 844. The Balaban J connectivity index is 1.34. The molecule has 2 aliphatic rings. The summed E-state index contributed by atoms with van der Waals surface area (Å²) < 4.78 is 0. The van der Waals surface area contributed by atoms with E-state index in [0.717, 1.165) is 30.9 Å². The van der Waals surface area contributed by atoms with E-state index in [1.807, 2.05) is 42.2 Å². The second kappa shape index (κ2) is 8.15. The fourth-order valence-electron chi connectivity index (χ4n) is 4.20. The van der Waals surface area contributed by atoms with Crippen LogP contribution in [-0.2, 0) is 16.1 Å². The highest BCUT2D eigenvalue weighted by molar-refractivity contribution is 6.09. The molecule has 5 nitrogen and oxygen atoms in total. The minimum absolute atomic E-state index is 0.000412. The highest BCUT2D eigenvalue weighted by Crippen LogP contribution is 2.29. The zero-order valence-corrected chi connectivity index (χ0v) is 16.4. The van der Waals surface area contributed by atoms with Crippen molar-refractivity contribution < 1.29 is 9.59 Å². The van der Waals surface area contributed by atoms with Gasteiger partial charge in [-0.1, -0.05) is 48.5 Å². The number of carbonyl (C=O) groups is 2. The summed E-state index contributed by atoms with van der Waals surface area (Å²) in [6.07, 6.45) is 0.607. The Labute approximate surface area is 166 Å². The van der Waals surface area contributed by atoms with Crippen LogP contribution in [0.25, 0.3) is 0 Å². The SMILES string of the molecule is Cc1ccccc1N1CC[C@H](C(=O)N2CCN(Cc3ccccc3)CC2)C1=O. The number of rotatable bonds is 4. The molecule has 2 aromatic rings. The Morgan fingerprint density at radius 1 is 0.929 bits per heavy atom. The molecular formula is C23H27N3O2. The van der Waals surface area contributed by atoms with E-state index >= 15 is 0 Å². The number of piperazine rings is 1. The molecule has 0 N–H and O–H groups in total. The summed E-state index contributed by atoms with van der Waals surface area (Å²) in [7, 11) is 0. The molecular weight excluding hydrogens is 350 g/mol. The number of nitrogens with zero attached hydrogens (tertiary/aromatic N) is 3. The van der Waals surface area contributed by atoms with Gasteiger partial charge >= 0.3 is 0 Å². The van der Waals surface area contributed by atoms with Crippen molar-refractivity contribution in [3.63, 3.8) is 0 Å². The normalized spacial score (nSPS) is 20.6. The summed E-state index contributed by atoms with van der Waals surface area (Å²) in [5.41, 5.74) is 3.29. The largest absolute Gasteiger partial charge is 0.339 e. The zero-order chi connectivity index (χ0) is 19.5. The molecule has 28 heavy (non-hydrogen) atoms. The van der Waals surface area contributed by atoms with Gasteiger partial charge in [-0.3, -0.25) is 14.5 Å². The lowest BCUT2D eigenvalue weighted by Gasteiger charge is -2.35. The molecule has 2 saturated heterocycles. The molecule has 5 heteroatoms. The van der Waals surface area contributed by atoms with E-state index in [4.69, 9.17) is 0 Å². The molecule has 2 fully saturated rings. The fourth-order valence-corrected chi connectivity index (χ4v) is 4.20. The van der Waals surface area contributed by atoms with Crippen LogP contribution in [-0.4, -0.2) is 54.3 Å². The lowest BCUT2D eigenvalue weighted by molar-refractivity contribution is -0.141. The smallest absolute Gasteiger partial charge is 0.239 e. The van der Waals surface area contributed by atoms with E-state index in [2.05, 4.69) is 29.2 Å². The predicted octanol–water partition coefficient (Wildman–Crippen LogP) is 2.69. The van der Waals surface area contributed by atoms with Crippen molar-refractivity contribution >= 4 is 17.5 Å². The van der Waals surface area contributed by atoms with Crippen LogP contribution in [0.5, 0.6) is 0 Å². The van der Waals surface area contributed by atoms with E-state index in [0.29, 0.717) is 26.1 Å². The third-order valence-corrected chi connectivity index (χ3v) is 5.84. The van der Waals surface area contributed by atoms with Gasteiger partial charge in [-0.05, 0) is 30.5 Å². The van der Waals surface area contributed by atoms with E-state index < -0.39 is 5.92 Å². The lowest BCUT2D eigenvalue weighted by Crippen LogP contribution is -2.51. The third kappa shape index (κ3) is 3.80. The molecule has 2 aromatic carbocycles. The number of amides is 2. The van der Waals surface area contributed by atoms with Gasteiger partial charge < -0.3 is 9.80 Å². The second-order valence-corrected chi connectivity index (χ2v) is 7.70. The van der Waals surface area contributed by atoms with Crippen LogP contribution in [0, 0.1) is 12.8 Å². The monoisotopic (exact) mass is 377 g/mol. The number of anilines is 1. The van der Waals surface area contributed by atoms with Crippen molar-refractivity contribution in [1.82, 2.24) is 9.80 Å². The summed E-state index contributed by atoms with van der Waals surface area (Å²) in [6, 6.07) is 18.3. The number of hydrogen-bond acceptors (Lipinski definition) is 3. The zero-order valence-electron chi connectivity index (χ0n) is 16.4. The average molecular weight is 377 g/mol. The molecule has 0 aliphatic carbocycles. The van der Waals surface area contributed by atoms with Gasteiger partial charge in [-0.2, -0.15) is 0 Å². The van der Waals surface area contributed by atoms with Gasteiger partial charge in [0.1, 0.15) is 5.92 Å². The maximum Gasteiger partial charge on any atom is 0.239 e. The van der Waals surface area contributed by atoms with Crippen molar-refractivity contribution in [2.24, 2.45) is 5.92 Å². The van der Waals surface area contributed by atoms with Gasteiger partial charge in [0.05, 0.1) is 0 Å². The van der Waals surface area contributed by atoms with Crippen LogP contribution in [0.2, 0.25) is 0 Å². The lowest BCUT2D eigenvalue weighted by atomic mass is 10.1. The van der Waals surface area contributed by atoms with Crippen molar-refractivity contribution in [3.05, 3.63) is 65.7 Å². The van der Waals surface area contributed by atoms with Gasteiger partial charge in [0.25, 0.3) is 0 Å². The number of benzene rings is 2. The minimum atomic E-state index is -0.528.